The van der Waals surface area contributed by atoms with E-state index in [9.17, 15) is 4.79 Å². The molecule has 0 aromatic carbocycles. The third kappa shape index (κ3) is 3.84. The molecule has 2 aliphatic rings. The molecule has 18 heavy (non-hydrogen) atoms. The molecule has 0 bridgehead atoms. The number of amides is 1. The van der Waals surface area contributed by atoms with Crippen molar-refractivity contribution in [2.75, 3.05) is 32.7 Å². The van der Waals surface area contributed by atoms with Gasteiger partial charge in [-0.05, 0) is 38.1 Å². The summed E-state index contributed by atoms with van der Waals surface area (Å²) < 4.78 is 0. The number of piperidine rings is 1. The van der Waals surface area contributed by atoms with Crippen molar-refractivity contribution in [2.45, 2.75) is 38.6 Å². The van der Waals surface area contributed by atoms with Crippen molar-refractivity contribution in [3.05, 3.63) is 0 Å². The number of carbonyl (C=O) groups excluding carboxylic acids is 1. The van der Waals surface area contributed by atoms with Crippen LogP contribution < -0.4 is 5.73 Å². The standard InChI is InChI=1S/C13H25N3O.ClH/c1-11-4-7-16(12(8-11)9-14)10-13(17)15-5-2-3-6-15;/h11-12H,2-10,14H2,1H3;1H. The summed E-state index contributed by atoms with van der Waals surface area (Å²) in [5, 5.41) is 0. The van der Waals surface area contributed by atoms with E-state index in [1.807, 2.05) is 4.90 Å². The number of carbonyl (C=O) groups is 1. The lowest BCUT2D eigenvalue weighted by Gasteiger charge is -2.38. The maximum Gasteiger partial charge on any atom is 0.236 e. The van der Waals surface area contributed by atoms with Crippen LogP contribution in [0.4, 0.5) is 0 Å². The minimum absolute atomic E-state index is 0. The van der Waals surface area contributed by atoms with Gasteiger partial charge in [-0.3, -0.25) is 9.69 Å². The molecule has 4 nitrogen and oxygen atoms in total. The van der Waals surface area contributed by atoms with E-state index in [0.717, 1.165) is 32.0 Å². The zero-order valence-corrected chi connectivity index (χ0v) is 12.1. The molecule has 2 fully saturated rings. The normalized spacial score (nSPS) is 29.1. The Kier molecular flexibility index (Phi) is 6.39. The zero-order chi connectivity index (χ0) is 12.3. The smallest absolute Gasteiger partial charge is 0.236 e. The second kappa shape index (κ2) is 7.31. The molecule has 0 aliphatic carbocycles. The zero-order valence-electron chi connectivity index (χ0n) is 11.3. The Bertz CT molecular complexity index is 269. The first-order valence-electron chi connectivity index (χ1n) is 6.92. The van der Waals surface area contributed by atoms with Gasteiger partial charge in [0.25, 0.3) is 0 Å². The molecule has 106 valence electrons. The van der Waals surface area contributed by atoms with E-state index in [-0.39, 0.29) is 12.4 Å². The van der Waals surface area contributed by atoms with Gasteiger partial charge in [-0.15, -0.1) is 12.4 Å². The Labute approximate surface area is 116 Å². The highest BCUT2D eigenvalue weighted by Gasteiger charge is 2.28. The van der Waals surface area contributed by atoms with Crippen molar-refractivity contribution in [3.8, 4) is 0 Å². The van der Waals surface area contributed by atoms with Crippen molar-refractivity contribution in [1.82, 2.24) is 9.80 Å². The van der Waals surface area contributed by atoms with Crippen LogP contribution in [0.15, 0.2) is 0 Å². The van der Waals surface area contributed by atoms with Crippen LogP contribution in [0, 0.1) is 5.92 Å². The minimum atomic E-state index is 0. The first-order chi connectivity index (χ1) is 8.20. The molecule has 2 unspecified atom stereocenters. The highest BCUT2D eigenvalue weighted by molar-refractivity contribution is 5.85. The second-order valence-electron chi connectivity index (χ2n) is 5.58. The van der Waals surface area contributed by atoms with Crippen LogP contribution in [0.1, 0.15) is 32.6 Å². The average Bonchev–Trinajstić information content (AvgIpc) is 2.85. The van der Waals surface area contributed by atoms with Gasteiger partial charge >= 0.3 is 0 Å². The van der Waals surface area contributed by atoms with E-state index >= 15 is 0 Å². The molecule has 5 heteroatoms. The van der Waals surface area contributed by atoms with E-state index in [4.69, 9.17) is 5.73 Å². The lowest BCUT2D eigenvalue weighted by Crippen LogP contribution is -2.50. The first-order valence-corrected chi connectivity index (χ1v) is 6.92. The summed E-state index contributed by atoms with van der Waals surface area (Å²) in [6, 6.07) is 0.408. The quantitative estimate of drug-likeness (QED) is 0.839. The number of halogens is 1. The monoisotopic (exact) mass is 275 g/mol. The molecule has 0 aromatic heterocycles. The van der Waals surface area contributed by atoms with E-state index in [0.29, 0.717) is 25.0 Å². The van der Waals surface area contributed by atoms with Gasteiger partial charge in [-0.25, -0.2) is 0 Å². The third-order valence-corrected chi connectivity index (χ3v) is 4.17. The molecule has 0 radical (unpaired) electrons. The van der Waals surface area contributed by atoms with Gasteiger partial charge in [0.05, 0.1) is 6.54 Å². The summed E-state index contributed by atoms with van der Waals surface area (Å²) in [4.78, 5) is 16.4. The van der Waals surface area contributed by atoms with Gasteiger partial charge in [0.1, 0.15) is 0 Å². The summed E-state index contributed by atoms with van der Waals surface area (Å²) in [6.07, 6.45) is 4.68. The fourth-order valence-corrected chi connectivity index (χ4v) is 2.99. The van der Waals surface area contributed by atoms with E-state index < -0.39 is 0 Å². The summed E-state index contributed by atoms with van der Waals surface area (Å²) in [6.45, 7) is 6.48. The lowest BCUT2D eigenvalue weighted by molar-refractivity contribution is -0.132. The number of nitrogens with zero attached hydrogens (tertiary/aromatic N) is 2. The molecular weight excluding hydrogens is 250 g/mol. The molecule has 1 amide bonds. The molecule has 2 saturated heterocycles. The van der Waals surface area contributed by atoms with Crippen LogP contribution in [-0.4, -0.2) is 54.5 Å². The number of rotatable bonds is 3. The van der Waals surface area contributed by atoms with E-state index in [1.54, 1.807) is 0 Å². The average molecular weight is 276 g/mol. The van der Waals surface area contributed by atoms with Gasteiger partial charge < -0.3 is 10.6 Å². The van der Waals surface area contributed by atoms with Gasteiger partial charge in [-0.2, -0.15) is 0 Å². The second-order valence-corrected chi connectivity index (χ2v) is 5.58. The molecule has 2 aliphatic heterocycles. The predicted octanol–water partition coefficient (Wildman–Crippen LogP) is 1.09. The summed E-state index contributed by atoms with van der Waals surface area (Å²) in [7, 11) is 0. The largest absolute Gasteiger partial charge is 0.342 e. The van der Waals surface area contributed by atoms with Crippen LogP contribution in [-0.2, 0) is 4.79 Å². The van der Waals surface area contributed by atoms with Crippen molar-refractivity contribution < 1.29 is 4.79 Å². The maximum absolute atomic E-state index is 12.1. The topological polar surface area (TPSA) is 49.6 Å². The molecule has 2 heterocycles. The third-order valence-electron chi connectivity index (χ3n) is 4.17. The molecular formula is C13H26ClN3O. The minimum Gasteiger partial charge on any atom is -0.342 e. The van der Waals surface area contributed by atoms with Crippen LogP contribution in [0.2, 0.25) is 0 Å². The molecule has 0 saturated carbocycles. The highest BCUT2D eigenvalue weighted by Crippen LogP contribution is 2.22. The van der Waals surface area contributed by atoms with Gasteiger partial charge in [-0.1, -0.05) is 6.92 Å². The van der Waals surface area contributed by atoms with Crippen molar-refractivity contribution in [3.63, 3.8) is 0 Å². The van der Waals surface area contributed by atoms with Gasteiger partial charge in [0.2, 0.25) is 5.91 Å². The van der Waals surface area contributed by atoms with Gasteiger partial charge in [0.15, 0.2) is 0 Å². The van der Waals surface area contributed by atoms with Crippen molar-refractivity contribution in [2.24, 2.45) is 11.7 Å². The van der Waals surface area contributed by atoms with Crippen molar-refractivity contribution in [1.29, 1.82) is 0 Å². The van der Waals surface area contributed by atoms with E-state index in [2.05, 4.69) is 11.8 Å². The molecule has 0 spiro atoms. The summed E-state index contributed by atoms with van der Waals surface area (Å²) >= 11 is 0. The van der Waals surface area contributed by atoms with Crippen molar-refractivity contribution >= 4 is 18.3 Å². The lowest BCUT2D eigenvalue weighted by atomic mass is 9.92. The number of hydrogen-bond donors (Lipinski definition) is 1. The van der Waals surface area contributed by atoms with Crippen LogP contribution >= 0.6 is 12.4 Å². The first kappa shape index (κ1) is 15.7. The SMILES string of the molecule is CC1CCN(CC(=O)N2CCCC2)C(CN)C1.Cl. The molecule has 0 aromatic rings. The van der Waals surface area contributed by atoms with Crippen LogP contribution in [0.3, 0.4) is 0 Å². The molecule has 2 N–H and O–H groups in total. The summed E-state index contributed by atoms with van der Waals surface area (Å²) in [5.74, 6) is 1.05. The number of hydrogen-bond acceptors (Lipinski definition) is 3. The van der Waals surface area contributed by atoms with Crippen LogP contribution in [0.25, 0.3) is 0 Å². The predicted molar refractivity (Wildman–Crippen MR) is 75.9 cm³/mol. The summed E-state index contributed by atoms with van der Waals surface area (Å²) in [5.41, 5.74) is 5.82. The van der Waals surface area contributed by atoms with E-state index in [1.165, 1.54) is 19.3 Å². The van der Waals surface area contributed by atoms with Gasteiger partial charge in [0, 0.05) is 25.7 Å². The Morgan fingerprint density at radius 1 is 1.28 bits per heavy atom. The fraction of sp³-hybridized carbons (Fsp3) is 0.923. The fourth-order valence-electron chi connectivity index (χ4n) is 2.99. The Balaban J connectivity index is 0.00000162. The Morgan fingerprint density at radius 3 is 2.56 bits per heavy atom. The number of likely N-dealkylation sites (tertiary alicyclic amines) is 2. The Hall–Kier alpha value is -0.320. The maximum atomic E-state index is 12.1. The molecule has 2 atom stereocenters. The van der Waals surface area contributed by atoms with Crippen LogP contribution in [0.5, 0.6) is 0 Å². The molecule has 2 rings (SSSR count). The number of nitrogens with two attached hydrogens (primary N) is 1. The highest BCUT2D eigenvalue weighted by atomic mass is 35.5. The Morgan fingerprint density at radius 2 is 1.94 bits per heavy atom.